The van der Waals surface area contributed by atoms with Crippen LogP contribution in [0.2, 0.25) is 5.02 Å². The molecule has 174 valence electrons. The molecule has 6 nitrogen and oxygen atoms in total. The summed E-state index contributed by atoms with van der Waals surface area (Å²) in [6, 6.07) is 12.3. The second kappa shape index (κ2) is 9.69. The molecule has 0 spiro atoms. The van der Waals surface area contributed by atoms with E-state index in [0.29, 0.717) is 43.2 Å². The maximum atomic E-state index is 13.7. The van der Waals surface area contributed by atoms with Crippen molar-refractivity contribution in [2.75, 3.05) is 24.6 Å². The molecule has 2 heterocycles. The number of anilines is 1. The fourth-order valence-electron chi connectivity index (χ4n) is 4.35. The van der Waals surface area contributed by atoms with Gasteiger partial charge in [-0.3, -0.25) is 4.79 Å². The number of carbonyl (C=O) groups is 1. The highest BCUT2D eigenvalue weighted by Crippen LogP contribution is 2.37. The summed E-state index contributed by atoms with van der Waals surface area (Å²) in [5, 5.41) is 1.34. The molecular formula is C25H28ClN2O4S+. The Kier molecular flexibility index (Phi) is 6.91. The predicted octanol–water partition coefficient (Wildman–Crippen LogP) is 4.48. The van der Waals surface area contributed by atoms with Crippen molar-refractivity contribution < 1.29 is 22.9 Å². The largest absolute Gasteiger partial charge is 0.466 e. The molecule has 3 aromatic rings. The normalized spacial score (nSPS) is 15.1. The van der Waals surface area contributed by atoms with E-state index in [1.54, 1.807) is 25.3 Å². The topological polar surface area (TPSA) is 77.8 Å². The number of ether oxygens (including phenoxy) is 1. The van der Waals surface area contributed by atoms with E-state index in [2.05, 4.69) is 22.9 Å². The molecule has 8 heteroatoms. The SMILES string of the molecule is CCOC(=O)C1CCN(c2c(S(=O)(=O)c3ccc(Cl)cc3)c[nH+]c3ccc(CC)cc23)CC1. The van der Waals surface area contributed by atoms with Gasteiger partial charge in [-0.1, -0.05) is 24.6 Å². The Morgan fingerprint density at radius 2 is 1.82 bits per heavy atom. The number of sulfone groups is 1. The highest BCUT2D eigenvalue weighted by atomic mass is 35.5. The Bertz CT molecular complexity index is 1270. The molecule has 0 radical (unpaired) electrons. The molecule has 4 rings (SSSR count). The van der Waals surface area contributed by atoms with E-state index in [1.807, 2.05) is 12.1 Å². The van der Waals surface area contributed by atoms with Gasteiger partial charge in [0.15, 0.2) is 11.1 Å². The zero-order valence-electron chi connectivity index (χ0n) is 18.8. The summed E-state index contributed by atoms with van der Waals surface area (Å²) in [5.41, 5.74) is 2.67. The van der Waals surface area contributed by atoms with Crippen LogP contribution < -0.4 is 9.88 Å². The molecule has 0 aliphatic carbocycles. The summed E-state index contributed by atoms with van der Waals surface area (Å²) in [7, 11) is -3.81. The van der Waals surface area contributed by atoms with E-state index in [-0.39, 0.29) is 21.7 Å². The number of nitrogens with zero attached hydrogens (tertiary/aromatic N) is 1. The van der Waals surface area contributed by atoms with Crippen LogP contribution in [0.1, 0.15) is 32.3 Å². The standard InChI is InChI=1S/C25H27ClN2O4S/c1-3-17-5-10-22-21(15-17)24(28-13-11-18(12-14-28)25(29)32-4-2)23(16-27-22)33(30,31)20-8-6-19(26)7-9-20/h5-10,15-16,18H,3-4,11-14H2,1-2H3/p+1. The van der Waals surface area contributed by atoms with Crippen LogP contribution in [0.3, 0.4) is 0 Å². The van der Waals surface area contributed by atoms with Crippen molar-refractivity contribution in [3.63, 3.8) is 0 Å². The van der Waals surface area contributed by atoms with Crippen molar-refractivity contribution in [1.29, 1.82) is 0 Å². The Labute approximate surface area is 199 Å². The van der Waals surface area contributed by atoms with Crippen molar-refractivity contribution in [2.24, 2.45) is 5.92 Å². The summed E-state index contributed by atoms with van der Waals surface area (Å²) >= 11 is 5.99. The van der Waals surface area contributed by atoms with Gasteiger partial charge in [0.2, 0.25) is 15.4 Å². The van der Waals surface area contributed by atoms with E-state index < -0.39 is 9.84 Å². The number of nitrogens with one attached hydrogen (secondary N) is 1. The molecule has 0 saturated carbocycles. The number of aromatic amines is 1. The smallest absolute Gasteiger partial charge is 0.309 e. The van der Waals surface area contributed by atoms with Gasteiger partial charge in [-0.25, -0.2) is 13.4 Å². The minimum atomic E-state index is -3.81. The Morgan fingerprint density at radius 1 is 1.12 bits per heavy atom. The Balaban J connectivity index is 1.82. The second-order valence-corrected chi connectivity index (χ2v) is 10.6. The van der Waals surface area contributed by atoms with Crippen molar-refractivity contribution in [1.82, 2.24) is 0 Å². The minimum Gasteiger partial charge on any atom is -0.466 e. The van der Waals surface area contributed by atoms with Crippen LogP contribution in [0.5, 0.6) is 0 Å². The van der Waals surface area contributed by atoms with Crippen LogP contribution in [-0.2, 0) is 25.8 Å². The lowest BCUT2D eigenvalue weighted by atomic mass is 9.96. The first-order chi connectivity index (χ1) is 15.8. The van der Waals surface area contributed by atoms with Gasteiger partial charge in [-0.2, -0.15) is 0 Å². The zero-order chi connectivity index (χ0) is 23.6. The van der Waals surface area contributed by atoms with Gasteiger partial charge in [-0.05, 0) is 62.1 Å². The van der Waals surface area contributed by atoms with E-state index in [9.17, 15) is 13.2 Å². The van der Waals surface area contributed by atoms with E-state index in [0.717, 1.165) is 22.9 Å². The summed E-state index contributed by atoms with van der Waals surface area (Å²) in [4.78, 5) is 17.9. The number of pyridine rings is 1. The highest BCUT2D eigenvalue weighted by molar-refractivity contribution is 7.91. The number of esters is 1. The van der Waals surface area contributed by atoms with Gasteiger partial charge < -0.3 is 9.64 Å². The molecule has 0 amide bonds. The van der Waals surface area contributed by atoms with Crippen LogP contribution in [0, 0.1) is 5.92 Å². The van der Waals surface area contributed by atoms with Crippen molar-refractivity contribution in [3.05, 3.63) is 59.2 Å². The van der Waals surface area contributed by atoms with Gasteiger partial charge in [0.1, 0.15) is 0 Å². The van der Waals surface area contributed by atoms with Gasteiger partial charge >= 0.3 is 5.97 Å². The number of piperidine rings is 1. The predicted molar refractivity (Wildman–Crippen MR) is 128 cm³/mol. The fraction of sp³-hybridized carbons (Fsp3) is 0.360. The van der Waals surface area contributed by atoms with E-state index >= 15 is 0 Å². The Hall–Kier alpha value is -2.64. The van der Waals surface area contributed by atoms with Crippen LogP contribution in [0.25, 0.3) is 10.9 Å². The van der Waals surface area contributed by atoms with Gasteiger partial charge in [0, 0.05) is 24.2 Å². The number of carbonyl (C=O) groups excluding carboxylic acids is 1. The summed E-state index contributed by atoms with van der Waals surface area (Å²) < 4.78 is 32.6. The maximum Gasteiger partial charge on any atom is 0.309 e. The monoisotopic (exact) mass is 487 g/mol. The highest BCUT2D eigenvalue weighted by Gasteiger charge is 2.33. The first kappa shape index (κ1) is 23.5. The van der Waals surface area contributed by atoms with Crippen LogP contribution in [-0.4, -0.2) is 34.1 Å². The molecule has 2 aromatic carbocycles. The molecule has 1 fully saturated rings. The summed E-state index contributed by atoms with van der Waals surface area (Å²) in [6.45, 7) is 5.38. The molecule has 0 bridgehead atoms. The first-order valence-corrected chi connectivity index (χ1v) is 13.1. The number of hydrogen-bond donors (Lipinski definition) is 0. The third-order valence-corrected chi connectivity index (χ3v) is 8.22. The number of hydrogen-bond acceptors (Lipinski definition) is 5. The molecule has 1 aromatic heterocycles. The number of benzene rings is 2. The summed E-state index contributed by atoms with van der Waals surface area (Å²) in [6.07, 6.45) is 3.65. The second-order valence-electron chi connectivity index (χ2n) is 8.21. The number of aromatic nitrogens is 1. The lowest BCUT2D eigenvalue weighted by Crippen LogP contribution is -2.38. The minimum absolute atomic E-state index is 0.162. The maximum absolute atomic E-state index is 13.7. The van der Waals surface area contributed by atoms with Gasteiger partial charge in [-0.15, -0.1) is 0 Å². The average Bonchev–Trinajstić information content (AvgIpc) is 2.83. The van der Waals surface area contributed by atoms with Crippen LogP contribution >= 0.6 is 11.6 Å². The van der Waals surface area contributed by atoms with Crippen molar-refractivity contribution >= 4 is 44.0 Å². The molecule has 0 atom stereocenters. The third-order valence-electron chi connectivity index (χ3n) is 6.18. The lowest BCUT2D eigenvalue weighted by molar-refractivity contribution is -0.347. The Morgan fingerprint density at radius 3 is 2.45 bits per heavy atom. The zero-order valence-corrected chi connectivity index (χ0v) is 20.4. The van der Waals surface area contributed by atoms with E-state index in [1.165, 1.54) is 12.1 Å². The average molecular weight is 488 g/mol. The summed E-state index contributed by atoms with van der Waals surface area (Å²) in [5.74, 6) is -0.337. The van der Waals surface area contributed by atoms with E-state index in [4.69, 9.17) is 16.3 Å². The third kappa shape index (κ3) is 4.70. The van der Waals surface area contributed by atoms with Crippen molar-refractivity contribution in [2.45, 2.75) is 42.9 Å². The number of rotatable bonds is 6. The van der Waals surface area contributed by atoms with Gasteiger partial charge in [0.05, 0.1) is 28.5 Å². The molecule has 1 aliphatic heterocycles. The molecule has 1 aliphatic rings. The quantitative estimate of drug-likeness (QED) is 0.479. The molecule has 0 unspecified atom stereocenters. The number of fused-ring (bicyclic) bond motifs is 1. The molecular weight excluding hydrogens is 460 g/mol. The fourth-order valence-corrected chi connectivity index (χ4v) is 5.93. The van der Waals surface area contributed by atoms with Crippen LogP contribution in [0.15, 0.2) is 58.5 Å². The van der Waals surface area contributed by atoms with Crippen LogP contribution in [0.4, 0.5) is 5.69 Å². The molecule has 1 N–H and O–H groups in total. The number of halogens is 1. The number of H-pyrrole nitrogens is 1. The lowest BCUT2D eigenvalue weighted by Gasteiger charge is -2.33. The first-order valence-electron chi connectivity index (χ1n) is 11.2. The molecule has 33 heavy (non-hydrogen) atoms. The van der Waals surface area contributed by atoms with Crippen molar-refractivity contribution in [3.8, 4) is 0 Å². The molecule has 1 saturated heterocycles. The number of aryl methyl sites for hydroxylation is 1. The van der Waals surface area contributed by atoms with Gasteiger partial charge in [0.25, 0.3) is 0 Å².